The van der Waals surface area contributed by atoms with Gasteiger partial charge in [-0.1, -0.05) is 43.1 Å². The van der Waals surface area contributed by atoms with Crippen molar-refractivity contribution in [2.24, 2.45) is 4.99 Å². The largest absolute Gasteiger partial charge is 0.293 e. The van der Waals surface area contributed by atoms with Crippen LogP contribution in [0.15, 0.2) is 29.3 Å². The van der Waals surface area contributed by atoms with Crippen molar-refractivity contribution in [1.29, 1.82) is 0 Å². The summed E-state index contributed by atoms with van der Waals surface area (Å²) >= 11 is 5.95. The molecule has 0 saturated heterocycles. The lowest BCUT2D eigenvalue weighted by Gasteiger charge is -1.95. The lowest BCUT2D eigenvalue weighted by atomic mass is 10.2. The molecule has 0 aromatic heterocycles. The molecule has 0 N–H and O–H groups in total. The number of hydrogen-bond donors (Lipinski definition) is 0. The minimum absolute atomic E-state index is 0.766. The standard InChI is InChI=1S/C11H14ClN/c1-2-3-8-13-9-10-6-4-5-7-11(10)12/h4-7,9H,2-3,8H2,1H3/b13-9+. The van der Waals surface area contributed by atoms with E-state index in [0.29, 0.717) is 0 Å². The zero-order valence-electron chi connectivity index (χ0n) is 7.83. The Labute approximate surface area is 84.5 Å². The first-order valence-corrected chi connectivity index (χ1v) is 4.96. The van der Waals surface area contributed by atoms with E-state index in [0.717, 1.165) is 23.6 Å². The van der Waals surface area contributed by atoms with E-state index in [-0.39, 0.29) is 0 Å². The van der Waals surface area contributed by atoms with E-state index in [1.807, 2.05) is 30.5 Å². The van der Waals surface area contributed by atoms with Crippen LogP contribution in [-0.4, -0.2) is 12.8 Å². The summed E-state index contributed by atoms with van der Waals surface area (Å²) in [6, 6.07) is 7.74. The van der Waals surface area contributed by atoms with Crippen LogP contribution in [0.3, 0.4) is 0 Å². The van der Waals surface area contributed by atoms with Crippen molar-refractivity contribution in [3.63, 3.8) is 0 Å². The van der Waals surface area contributed by atoms with Gasteiger partial charge in [0, 0.05) is 23.3 Å². The van der Waals surface area contributed by atoms with Gasteiger partial charge in [0.15, 0.2) is 0 Å². The molecule has 0 aliphatic carbocycles. The quantitative estimate of drug-likeness (QED) is 0.515. The topological polar surface area (TPSA) is 12.4 Å². The molecule has 0 fully saturated rings. The Bertz CT molecular complexity index is 281. The van der Waals surface area contributed by atoms with Crippen molar-refractivity contribution in [2.75, 3.05) is 6.54 Å². The molecule has 0 spiro atoms. The highest BCUT2D eigenvalue weighted by atomic mass is 35.5. The fraction of sp³-hybridized carbons (Fsp3) is 0.364. The Balaban J connectivity index is 2.53. The molecule has 0 saturated carbocycles. The Hall–Kier alpha value is -0.820. The summed E-state index contributed by atoms with van der Waals surface area (Å²) < 4.78 is 0. The molecule has 0 unspecified atom stereocenters. The highest BCUT2D eigenvalue weighted by Gasteiger charge is 1.92. The van der Waals surface area contributed by atoms with Gasteiger partial charge in [-0.25, -0.2) is 0 Å². The first kappa shape index (κ1) is 10.3. The van der Waals surface area contributed by atoms with Gasteiger partial charge in [-0.2, -0.15) is 0 Å². The van der Waals surface area contributed by atoms with Crippen LogP contribution >= 0.6 is 11.6 Å². The third-order valence-corrected chi connectivity index (χ3v) is 2.12. The number of nitrogens with zero attached hydrogens (tertiary/aromatic N) is 1. The van der Waals surface area contributed by atoms with Gasteiger partial charge in [-0.15, -0.1) is 0 Å². The van der Waals surface area contributed by atoms with Crippen LogP contribution in [0.4, 0.5) is 0 Å². The maximum absolute atomic E-state index is 5.95. The van der Waals surface area contributed by atoms with Gasteiger partial charge in [0.1, 0.15) is 0 Å². The van der Waals surface area contributed by atoms with Crippen molar-refractivity contribution < 1.29 is 0 Å². The Morgan fingerprint density at radius 2 is 2.15 bits per heavy atom. The molecule has 0 amide bonds. The van der Waals surface area contributed by atoms with E-state index in [2.05, 4.69) is 11.9 Å². The molecule has 2 heteroatoms. The van der Waals surface area contributed by atoms with E-state index in [1.165, 1.54) is 6.42 Å². The van der Waals surface area contributed by atoms with Gasteiger partial charge in [0.25, 0.3) is 0 Å². The fourth-order valence-corrected chi connectivity index (χ4v) is 1.18. The van der Waals surface area contributed by atoms with Gasteiger partial charge < -0.3 is 0 Å². The van der Waals surface area contributed by atoms with Crippen molar-refractivity contribution >= 4 is 17.8 Å². The van der Waals surface area contributed by atoms with Crippen LogP contribution in [0.25, 0.3) is 0 Å². The van der Waals surface area contributed by atoms with E-state index >= 15 is 0 Å². The van der Waals surface area contributed by atoms with Crippen molar-refractivity contribution in [1.82, 2.24) is 0 Å². The lowest BCUT2D eigenvalue weighted by molar-refractivity contribution is 0.810. The molecule has 0 radical (unpaired) electrons. The molecular formula is C11H14ClN. The first-order chi connectivity index (χ1) is 6.34. The predicted octanol–water partition coefficient (Wildman–Crippen LogP) is 3.56. The summed E-state index contributed by atoms with van der Waals surface area (Å²) in [5, 5.41) is 0.766. The van der Waals surface area contributed by atoms with Crippen LogP contribution in [-0.2, 0) is 0 Å². The van der Waals surface area contributed by atoms with Gasteiger partial charge in [-0.05, 0) is 12.5 Å². The minimum Gasteiger partial charge on any atom is -0.293 e. The van der Waals surface area contributed by atoms with Crippen molar-refractivity contribution in [3.05, 3.63) is 34.9 Å². The van der Waals surface area contributed by atoms with E-state index in [1.54, 1.807) is 0 Å². The molecule has 1 aromatic carbocycles. The molecule has 70 valence electrons. The number of rotatable bonds is 4. The molecule has 0 aliphatic heterocycles. The summed E-state index contributed by atoms with van der Waals surface area (Å²) in [6.45, 7) is 3.05. The normalized spacial score (nSPS) is 10.9. The predicted molar refractivity (Wildman–Crippen MR) is 58.8 cm³/mol. The molecule has 13 heavy (non-hydrogen) atoms. The average Bonchev–Trinajstić information content (AvgIpc) is 2.15. The third-order valence-electron chi connectivity index (χ3n) is 1.78. The third kappa shape index (κ3) is 3.60. The van der Waals surface area contributed by atoms with Gasteiger partial charge >= 0.3 is 0 Å². The lowest BCUT2D eigenvalue weighted by Crippen LogP contribution is -1.85. The molecule has 0 bridgehead atoms. The van der Waals surface area contributed by atoms with E-state index in [4.69, 9.17) is 11.6 Å². The Kier molecular flexibility index (Phi) is 4.55. The SMILES string of the molecule is CCCC/N=C/c1ccccc1Cl. The van der Waals surface area contributed by atoms with Crippen LogP contribution in [0, 0.1) is 0 Å². The second-order valence-corrected chi connectivity index (χ2v) is 3.32. The number of unbranched alkanes of at least 4 members (excludes halogenated alkanes) is 1. The Morgan fingerprint density at radius 3 is 2.85 bits per heavy atom. The Morgan fingerprint density at radius 1 is 1.38 bits per heavy atom. The second kappa shape index (κ2) is 5.76. The molecule has 0 atom stereocenters. The number of aliphatic imine (C=N–C) groups is 1. The summed E-state index contributed by atoms with van der Waals surface area (Å²) in [7, 11) is 0. The second-order valence-electron chi connectivity index (χ2n) is 2.91. The molecule has 1 rings (SSSR count). The van der Waals surface area contributed by atoms with Gasteiger partial charge in [0.05, 0.1) is 0 Å². The van der Waals surface area contributed by atoms with E-state index < -0.39 is 0 Å². The zero-order valence-corrected chi connectivity index (χ0v) is 8.59. The molecule has 1 aromatic rings. The molecule has 0 aliphatic rings. The monoisotopic (exact) mass is 195 g/mol. The molecule has 1 nitrogen and oxygen atoms in total. The fourth-order valence-electron chi connectivity index (χ4n) is 0.992. The van der Waals surface area contributed by atoms with Crippen molar-refractivity contribution in [3.8, 4) is 0 Å². The molecule has 0 heterocycles. The number of halogens is 1. The number of benzene rings is 1. The number of hydrogen-bond acceptors (Lipinski definition) is 1. The van der Waals surface area contributed by atoms with Crippen LogP contribution in [0.1, 0.15) is 25.3 Å². The average molecular weight is 196 g/mol. The molecular weight excluding hydrogens is 182 g/mol. The summed E-state index contributed by atoms with van der Waals surface area (Å²) in [5.74, 6) is 0. The van der Waals surface area contributed by atoms with Crippen molar-refractivity contribution in [2.45, 2.75) is 19.8 Å². The summed E-state index contributed by atoms with van der Waals surface area (Å²) in [4.78, 5) is 4.28. The van der Waals surface area contributed by atoms with E-state index in [9.17, 15) is 0 Å². The zero-order chi connectivity index (χ0) is 9.52. The highest BCUT2D eigenvalue weighted by Crippen LogP contribution is 2.12. The van der Waals surface area contributed by atoms with Gasteiger partial charge in [-0.3, -0.25) is 4.99 Å². The summed E-state index contributed by atoms with van der Waals surface area (Å²) in [6.07, 6.45) is 4.17. The van der Waals surface area contributed by atoms with Gasteiger partial charge in [0.2, 0.25) is 0 Å². The summed E-state index contributed by atoms with van der Waals surface area (Å²) in [5.41, 5.74) is 1.00. The highest BCUT2D eigenvalue weighted by molar-refractivity contribution is 6.33. The van der Waals surface area contributed by atoms with Crippen LogP contribution in [0.2, 0.25) is 5.02 Å². The smallest absolute Gasteiger partial charge is 0.0493 e. The van der Waals surface area contributed by atoms with Crippen LogP contribution < -0.4 is 0 Å². The first-order valence-electron chi connectivity index (χ1n) is 4.59. The van der Waals surface area contributed by atoms with Crippen LogP contribution in [0.5, 0.6) is 0 Å². The maximum Gasteiger partial charge on any atom is 0.0493 e. The minimum atomic E-state index is 0.766. The maximum atomic E-state index is 5.95.